The van der Waals surface area contributed by atoms with E-state index in [2.05, 4.69) is 20.9 Å². The van der Waals surface area contributed by atoms with Crippen LogP contribution in [0.4, 0.5) is 21.0 Å². The van der Waals surface area contributed by atoms with Gasteiger partial charge in [0.15, 0.2) is 0 Å². The largest absolute Gasteiger partial charge is 0.450 e. The summed E-state index contributed by atoms with van der Waals surface area (Å²) in [6.07, 6.45) is 1.85. The van der Waals surface area contributed by atoms with Crippen molar-refractivity contribution in [3.05, 3.63) is 53.9 Å². The number of pyridine rings is 1. The fourth-order valence-electron chi connectivity index (χ4n) is 2.20. The first-order valence-corrected chi connectivity index (χ1v) is 8.08. The number of benzene rings is 1. The Hall–Kier alpha value is -3.09. The normalized spacial score (nSPS) is 10.0. The van der Waals surface area contributed by atoms with Crippen molar-refractivity contribution >= 4 is 23.5 Å². The summed E-state index contributed by atoms with van der Waals surface area (Å²) in [6, 6.07) is 10.6. The number of ether oxygens (including phenoxy) is 1. The van der Waals surface area contributed by atoms with Crippen molar-refractivity contribution in [1.29, 1.82) is 0 Å². The lowest BCUT2D eigenvalue weighted by atomic mass is 10.1. The highest BCUT2D eigenvalue weighted by Gasteiger charge is 2.10. The number of nitrogens with zero attached hydrogens (tertiary/aromatic N) is 1. The third kappa shape index (κ3) is 5.80. The second kappa shape index (κ2) is 9.27. The van der Waals surface area contributed by atoms with Crippen molar-refractivity contribution in [1.82, 2.24) is 10.3 Å². The van der Waals surface area contributed by atoms with Gasteiger partial charge in [-0.3, -0.25) is 10.3 Å². The molecule has 132 valence electrons. The van der Waals surface area contributed by atoms with Gasteiger partial charge in [-0.05, 0) is 43.7 Å². The molecule has 1 aromatic carbocycles. The lowest BCUT2D eigenvalue weighted by molar-refractivity contribution is 0.168. The number of aromatic nitrogens is 1. The van der Waals surface area contributed by atoms with Gasteiger partial charge in [0.1, 0.15) is 0 Å². The average molecular weight is 342 g/mol. The van der Waals surface area contributed by atoms with Crippen LogP contribution in [0.1, 0.15) is 18.2 Å². The Morgan fingerprint density at radius 1 is 1.08 bits per heavy atom. The summed E-state index contributed by atoms with van der Waals surface area (Å²) < 4.78 is 4.86. The van der Waals surface area contributed by atoms with E-state index in [0.717, 1.165) is 11.3 Å². The molecule has 2 aromatic rings. The quantitative estimate of drug-likeness (QED) is 0.751. The van der Waals surface area contributed by atoms with E-state index in [-0.39, 0.29) is 6.03 Å². The summed E-state index contributed by atoms with van der Waals surface area (Å²) in [6.45, 7) is 4.31. The van der Waals surface area contributed by atoms with E-state index in [9.17, 15) is 9.59 Å². The fraction of sp³-hybridized carbons (Fsp3) is 0.278. The van der Waals surface area contributed by atoms with E-state index in [1.165, 1.54) is 0 Å². The number of carbonyl (C=O) groups is 2. The van der Waals surface area contributed by atoms with E-state index < -0.39 is 6.09 Å². The molecule has 1 aromatic heterocycles. The molecule has 0 unspecified atom stereocenters. The van der Waals surface area contributed by atoms with Gasteiger partial charge in [0.2, 0.25) is 0 Å². The standard InChI is InChI=1S/C18H22N4O3/c1-3-25-18(24)22-16-9-6-8-15(13(16)2)21-17(23)20-12-10-14-7-4-5-11-19-14/h4-9,11H,3,10,12H2,1-2H3,(H,22,24)(H2,20,21,23). The topological polar surface area (TPSA) is 92.4 Å². The number of hydrogen-bond acceptors (Lipinski definition) is 4. The highest BCUT2D eigenvalue weighted by molar-refractivity contribution is 5.93. The molecule has 1 heterocycles. The predicted molar refractivity (Wildman–Crippen MR) is 96.8 cm³/mol. The van der Waals surface area contributed by atoms with Crippen LogP contribution in [0.5, 0.6) is 0 Å². The van der Waals surface area contributed by atoms with Crippen LogP contribution in [0.3, 0.4) is 0 Å². The van der Waals surface area contributed by atoms with Crippen LogP contribution in [-0.2, 0) is 11.2 Å². The molecule has 0 aliphatic carbocycles. The monoisotopic (exact) mass is 342 g/mol. The van der Waals surface area contributed by atoms with Gasteiger partial charge in [0.25, 0.3) is 0 Å². The highest BCUT2D eigenvalue weighted by Crippen LogP contribution is 2.23. The Morgan fingerprint density at radius 2 is 1.84 bits per heavy atom. The van der Waals surface area contributed by atoms with Crippen molar-refractivity contribution in [3.8, 4) is 0 Å². The van der Waals surface area contributed by atoms with E-state index in [1.807, 2.05) is 25.1 Å². The second-order valence-electron chi connectivity index (χ2n) is 5.28. The molecule has 0 spiro atoms. The lowest BCUT2D eigenvalue weighted by Crippen LogP contribution is -2.30. The number of urea groups is 1. The van der Waals surface area contributed by atoms with Gasteiger partial charge in [-0.2, -0.15) is 0 Å². The molecule has 0 fully saturated rings. The number of nitrogens with one attached hydrogen (secondary N) is 3. The van der Waals surface area contributed by atoms with Crippen LogP contribution in [-0.4, -0.2) is 30.3 Å². The molecule has 2 rings (SSSR count). The fourth-order valence-corrected chi connectivity index (χ4v) is 2.20. The van der Waals surface area contributed by atoms with E-state index in [0.29, 0.717) is 30.9 Å². The van der Waals surface area contributed by atoms with Crippen LogP contribution in [0, 0.1) is 6.92 Å². The van der Waals surface area contributed by atoms with Crippen molar-refractivity contribution in [2.45, 2.75) is 20.3 Å². The average Bonchev–Trinajstić information content (AvgIpc) is 2.59. The SMILES string of the molecule is CCOC(=O)Nc1cccc(NC(=O)NCCc2ccccn2)c1C. The van der Waals surface area contributed by atoms with Gasteiger partial charge < -0.3 is 15.4 Å². The Balaban J connectivity index is 1.88. The van der Waals surface area contributed by atoms with Crippen LogP contribution in [0.2, 0.25) is 0 Å². The Kier molecular flexibility index (Phi) is 6.76. The summed E-state index contributed by atoms with van der Waals surface area (Å²) in [5.74, 6) is 0. The number of rotatable bonds is 6. The Morgan fingerprint density at radius 3 is 2.52 bits per heavy atom. The summed E-state index contributed by atoms with van der Waals surface area (Å²) in [5.41, 5.74) is 2.87. The van der Waals surface area contributed by atoms with Gasteiger partial charge in [0.05, 0.1) is 6.61 Å². The maximum atomic E-state index is 12.0. The molecule has 0 saturated carbocycles. The first-order valence-electron chi connectivity index (χ1n) is 8.08. The lowest BCUT2D eigenvalue weighted by Gasteiger charge is -2.13. The minimum atomic E-state index is -0.525. The zero-order chi connectivity index (χ0) is 18.1. The third-order valence-electron chi connectivity index (χ3n) is 3.49. The maximum Gasteiger partial charge on any atom is 0.411 e. The molecular weight excluding hydrogens is 320 g/mol. The molecule has 25 heavy (non-hydrogen) atoms. The molecule has 0 atom stereocenters. The van der Waals surface area contributed by atoms with E-state index in [1.54, 1.807) is 31.3 Å². The molecule has 3 N–H and O–H groups in total. The minimum Gasteiger partial charge on any atom is -0.450 e. The predicted octanol–water partition coefficient (Wildman–Crippen LogP) is 3.32. The molecule has 0 radical (unpaired) electrons. The number of hydrogen-bond donors (Lipinski definition) is 3. The van der Waals surface area contributed by atoms with Gasteiger partial charge in [-0.15, -0.1) is 0 Å². The molecular formula is C18H22N4O3. The molecule has 3 amide bonds. The zero-order valence-corrected chi connectivity index (χ0v) is 14.3. The first kappa shape index (κ1) is 18.3. The summed E-state index contributed by atoms with van der Waals surface area (Å²) in [5, 5.41) is 8.21. The van der Waals surface area contributed by atoms with Crippen molar-refractivity contribution < 1.29 is 14.3 Å². The van der Waals surface area contributed by atoms with Gasteiger partial charge in [-0.25, -0.2) is 9.59 Å². The summed E-state index contributed by atoms with van der Waals surface area (Å²) in [7, 11) is 0. The number of carbonyl (C=O) groups excluding carboxylic acids is 2. The van der Waals surface area contributed by atoms with Gasteiger partial charge in [0, 0.05) is 36.2 Å². The number of amides is 3. The molecule has 0 bridgehead atoms. The zero-order valence-electron chi connectivity index (χ0n) is 14.3. The Bertz CT molecular complexity index is 720. The summed E-state index contributed by atoms with van der Waals surface area (Å²) >= 11 is 0. The Labute approximate surface area is 146 Å². The third-order valence-corrected chi connectivity index (χ3v) is 3.49. The van der Waals surface area contributed by atoms with E-state index >= 15 is 0 Å². The van der Waals surface area contributed by atoms with Gasteiger partial charge in [-0.1, -0.05) is 12.1 Å². The molecule has 7 nitrogen and oxygen atoms in total. The smallest absolute Gasteiger partial charge is 0.411 e. The first-order chi connectivity index (χ1) is 12.1. The maximum absolute atomic E-state index is 12.0. The highest BCUT2D eigenvalue weighted by atomic mass is 16.5. The molecule has 0 aliphatic rings. The van der Waals surface area contributed by atoms with Crippen LogP contribution >= 0.6 is 0 Å². The summed E-state index contributed by atoms with van der Waals surface area (Å²) in [4.78, 5) is 27.8. The number of anilines is 2. The van der Waals surface area contributed by atoms with Crippen LogP contribution in [0.25, 0.3) is 0 Å². The van der Waals surface area contributed by atoms with Crippen molar-refractivity contribution in [2.75, 3.05) is 23.8 Å². The van der Waals surface area contributed by atoms with E-state index in [4.69, 9.17) is 4.74 Å². The second-order valence-corrected chi connectivity index (χ2v) is 5.28. The van der Waals surface area contributed by atoms with Gasteiger partial charge >= 0.3 is 12.1 Å². The van der Waals surface area contributed by atoms with Crippen LogP contribution < -0.4 is 16.0 Å². The van der Waals surface area contributed by atoms with Crippen molar-refractivity contribution in [3.63, 3.8) is 0 Å². The van der Waals surface area contributed by atoms with Crippen LogP contribution in [0.15, 0.2) is 42.6 Å². The molecule has 0 saturated heterocycles. The molecule has 0 aliphatic heterocycles. The molecule has 7 heteroatoms. The minimum absolute atomic E-state index is 0.293. The van der Waals surface area contributed by atoms with Crippen molar-refractivity contribution in [2.24, 2.45) is 0 Å².